The Kier molecular flexibility index (Phi) is 6.36. The molecule has 196 valence electrons. The second-order valence-corrected chi connectivity index (χ2v) is 10.8. The second kappa shape index (κ2) is 9.81. The molecule has 4 aliphatic heterocycles. The van der Waals surface area contributed by atoms with Crippen molar-refractivity contribution in [2.75, 3.05) is 61.9 Å². The van der Waals surface area contributed by atoms with Crippen LogP contribution in [0.2, 0.25) is 0 Å². The Morgan fingerprint density at radius 1 is 0.919 bits per heavy atom. The maximum atomic E-state index is 13.4. The van der Waals surface area contributed by atoms with Gasteiger partial charge in [-0.3, -0.25) is 9.69 Å². The maximum Gasteiger partial charge on any atom is 0.325 e. The Morgan fingerprint density at radius 2 is 1.68 bits per heavy atom. The van der Waals surface area contributed by atoms with Gasteiger partial charge in [-0.05, 0) is 57.0 Å². The highest BCUT2D eigenvalue weighted by atomic mass is 16.2. The number of hydrogen-bond donors (Lipinski definition) is 1. The molecule has 2 aromatic rings. The van der Waals surface area contributed by atoms with Crippen LogP contribution in [0.25, 0.3) is 0 Å². The van der Waals surface area contributed by atoms with Crippen molar-refractivity contribution in [3.8, 4) is 0 Å². The highest BCUT2D eigenvalue weighted by molar-refractivity contribution is 5.93. The molecule has 0 saturated carbocycles. The van der Waals surface area contributed by atoms with Crippen LogP contribution in [0.1, 0.15) is 37.7 Å². The lowest BCUT2D eigenvalue weighted by molar-refractivity contribution is -0.138. The molecular formula is C27H36N8O2. The van der Waals surface area contributed by atoms with Gasteiger partial charge in [0.1, 0.15) is 5.82 Å². The minimum Gasteiger partial charge on any atom is -0.369 e. The number of piperidine rings is 2. The molecule has 3 saturated heterocycles. The molecule has 2 atom stereocenters. The summed E-state index contributed by atoms with van der Waals surface area (Å²) in [7, 11) is 3.95. The molecule has 3 fully saturated rings. The number of likely N-dealkylation sites (N-methyl/N-ethyl adjacent to an activating group) is 1. The molecular weight excluding hydrogens is 468 g/mol. The normalized spacial score (nSPS) is 24.7. The van der Waals surface area contributed by atoms with Gasteiger partial charge in [-0.2, -0.15) is 4.98 Å². The van der Waals surface area contributed by atoms with Gasteiger partial charge in [0, 0.05) is 81.4 Å². The van der Waals surface area contributed by atoms with E-state index in [1.54, 1.807) is 11.9 Å². The standard InChI is InChI=1S/C27H36N8O2/c1-31-12-14-33(15-13-31)21-8-6-20(7-9-21)29-26-28-17-19-18-35(27(37)32(2)25(19)30-26)23-10-11-34-22(16-23)4-3-5-24(34)36/h6-9,17,22-23H,3-5,10-16,18H2,1-2H3,(H,28,29,30)/t22-,23?/m0/s1. The molecule has 10 heteroatoms. The smallest absolute Gasteiger partial charge is 0.325 e. The minimum atomic E-state index is -0.0331. The number of benzene rings is 1. The van der Waals surface area contributed by atoms with Gasteiger partial charge in [0.15, 0.2) is 0 Å². The van der Waals surface area contributed by atoms with E-state index >= 15 is 0 Å². The van der Waals surface area contributed by atoms with E-state index in [9.17, 15) is 9.59 Å². The zero-order valence-electron chi connectivity index (χ0n) is 21.8. The predicted octanol–water partition coefficient (Wildman–Crippen LogP) is 2.89. The second-order valence-electron chi connectivity index (χ2n) is 10.8. The van der Waals surface area contributed by atoms with Gasteiger partial charge < -0.3 is 24.9 Å². The lowest BCUT2D eigenvalue weighted by Gasteiger charge is -2.47. The van der Waals surface area contributed by atoms with E-state index in [-0.39, 0.29) is 24.0 Å². The summed E-state index contributed by atoms with van der Waals surface area (Å²) in [6.07, 6.45) is 6.15. The molecule has 0 radical (unpaired) electrons. The van der Waals surface area contributed by atoms with E-state index in [4.69, 9.17) is 4.98 Å². The van der Waals surface area contributed by atoms with Crippen LogP contribution in [0.4, 0.5) is 27.9 Å². The number of aromatic nitrogens is 2. The molecule has 4 aliphatic rings. The number of piperazine rings is 1. The Bertz CT molecular complexity index is 1160. The lowest BCUT2D eigenvalue weighted by atomic mass is 9.88. The zero-order valence-corrected chi connectivity index (χ0v) is 21.8. The summed E-state index contributed by atoms with van der Waals surface area (Å²) in [6.45, 7) is 5.46. The summed E-state index contributed by atoms with van der Waals surface area (Å²) in [4.78, 5) is 45.3. The topological polar surface area (TPSA) is 88.1 Å². The Balaban J connectivity index is 1.13. The van der Waals surface area contributed by atoms with Crippen molar-refractivity contribution in [2.24, 2.45) is 0 Å². The van der Waals surface area contributed by atoms with Gasteiger partial charge in [0.05, 0.1) is 6.54 Å². The first kappa shape index (κ1) is 24.0. The van der Waals surface area contributed by atoms with Crippen LogP contribution in [-0.4, -0.2) is 95.5 Å². The van der Waals surface area contributed by atoms with Gasteiger partial charge in [0.2, 0.25) is 11.9 Å². The Hall–Kier alpha value is -3.40. The van der Waals surface area contributed by atoms with E-state index in [0.29, 0.717) is 24.7 Å². The minimum absolute atomic E-state index is 0.0331. The van der Waals surface area contributed by atoms with Gasteiger partial charge in [-0.25, -0.2) is 9.78 Å². The first-order valence-corrected chi connectivity index (χ1v) is 13.5. The fourth-order valence-electron chi connectivity index (χ4n) is 6.18. The number of carbonyl (C=O) groups is 2. The van der Waals surface area contributed by atoms with Crippen LogP contribution in [0.15, 0.2) is 30.5 Å². The van der Waals surface area contributed by atoms with Gasteiger partial charge in [-0.15, -0.1) is 0 Å². The summed E-state index contributed by atoms with van der Waals surface area (Å²) < 4.78 is 0. The summed E-state index contributed by atoms with van der Waals surface area (Å²) >= 11 is 0. The molecule has 1 N–H and O–H groups in total. The van der Waals surface area contributed by atoms with E-state index < -0.39 is 0 Å². The summed E-state index contributed by atoms with van der Waals surface area (Å²) in [5.41, 5.74) is 3.08. The quantitative estimate of drug-likeness (QED) is 0.685. The molecule has 37 heavy (non-hydrogen) atoms. The van der Waals surface area contributed by atoms with Crippen LogP contribution in [0.3, 0.4) is 0 Å². The van der Waals surface area contributed by atoms with Crippen molar-refractivity contribution in [1.82, 2.24) is 24.7 Å². The molecule has 0 spiro atoms. The summed E-state index contributed by atoms with van der Waals surface area (Å²) in [5.74, 6) is 1.40. The molecule has 1 aromatic carbocycles. The monoisotopic (exact) mass is 504 g/mol. The van der Waals surface area contributed by atoms with Crippen molar-refractivity contribution in [3.63, 3.8) is 0 Å². The molecule has 0 aliphatic carbocycles. The first-order valence-electron chi connectivity index (χ1n) is 13.5. The highest BCUT2D eigenvalue weighted by Crippen LogP contribution is 2.34. The van der Waals surface area contributed by atoms with Gasteiger partial charge in [-0.1, -0.05) is 0 Å². The van der Waals surface area contributed by atoms with Crippen molar-refractivity contribution < 1.29 is 9.59 Å². The molecule has 0 bridgehead atoms. The average Bonchev–Trinajstić information content (AvgIpc) is 2.92. The number of nitrogens with one attached hydrogen (secondary N) is 1. The number of hydrogen-bond acceptors (Lipinski definition) is 7. The maximum absolute atomic E-state index is 13.4. The fourth-order valence-corrected chi connectivity index (χ4v) is 6.18. The highest BCUT2D eigenvalue weighted by Gasteiger charge is 2.40. The Morgan fingerprint density at radius 3 is 2.46 bits per heavy atom. The predicted molar refractivity (Wildman–Crippen MR) is 143 cm³/mol. The average molecular weight is 505 g/mol. The van der Waals surface area contributed by atoms with Crippen molar-refractivity contribution in [2.45, 2.75) is 50.7 Å². The van der Waals surface area contributed by atoms with Gasteiger partial charge in [0.25, 0.3) is 0 Å². The Labute approximate surface area is 218 Å². The van der Waals surface area contributed by atoms with E-state index in [0.717, 1.165) is 69.7 Å². The van der Waals surface area contributed by atoms with Crippen molar-refractivity contribution in [1.29, 1.82) is 0 Å². The third kappa shape index (κ3) is 4.70. The third-order valence-electron chi connectivity index (χ3n) is 8.40. The number of amides is 3. The number of fused-ring (bicyclic) bond motifs is 2. The van der Waals surface area contributed by atoms with E-state index in [1.165, 1.54) is 5.69 Å². The van der Waals surface area contributed by atoms with Crippen LogP contribution >= 0.6 is 0 Å². The SMILES string of the molecule is CN1CCN(c2ccc(Nc3ncc4c(n3)N(C)C(=O)N(C3CCN5C(=O)CCC[C@H]5C3)C4)cc2)CC1. The van der Waals surface area contributed by atoms with Crippen molar-refractivity contribution >= 4 is 35.1 Å². The van der Waals surface area contributed by atoms with Crippen molar-refractivity contribution in [3.05, 3.63) is 36.0 Å². The van der Waals surface area contributed by atoms with Crippen LogP contribution in [0.5, 0.6) is 0 Å². The van der Waals surface area contributed by atoms with Crippen LogP contribution < -0.4 is 15.1 Å². The zero-order chi connectivity index (χ0) is 25.5. The number of urea groups is 1. The van der Waals surface area contributed by atoms with E-state index in [2.05, 4.69) is 51.4 Å². The summed E-state index contributed by atoms with van der Waals surface area (Å²) in [5, 5.41) is 3.30. The van der Waals surface area contributed by atoms with E-state index in [1.807, 2.05) is 16.0 Å². The third-order valence-corrected chi connectivity index (χ3v) is 8.40. The molecule has 5 heterocycles. The molecule has 3 amide bonds. The summed E-state index contributed by atoms with van der Waals surface area (Å²) in [6, 6.07) is 8.71. The molecule has 1 unspecified atom stereocenters. The van der Waals surface area contributed by atoms with Crippen LogP contribution in [-0.2, 0) is 11.3 Å². The largest absolute Gasteiger partial charge is 0.369 e. The fraction of sp³-hybridized carbons (Fsp3) is 0.556. The van der Waals surface area contributed by atoms with Gasteiger partial charge >= 0.3 is 6.03 Å². The van der Waals surface area contributed by atoms with Crippen LogP contribution in [0, 0.1) is 0 Å². The number of anilines is 4. The molecule has 1 aromatic heterocycles. The molecule has 6 rings (SSSR count). The molecule has 10 nitrogen and oxygen atoms in total. The number of nitrogens with zero attached hydrogens (tertiary/aromatic N) is 7. The lowest BCUT2D eigenvalue weighted by Crippen LogP contribution is -2.57. The number of carbonyl (C=O) groups excluding carboxylic acids is 2. The first-order chi connectivity index (χ1) is 18.0. The number of rotatable bonds is 4.